The van der Waals surface area contributed by atoms with E-state index in [1.807, 2.05) is 25.1 Å². The molecule has 0 saturated heterocycles. The van der Waals surface area contributed by atoms with Crippen molar-refractivity contribution < 1.29 is 25.9 Å². The molecule has 0 bridgehead atoms. The Morgan fingerprint density at radius 3 is 2.79 bits per heavy atom. The fourth-order valence-corrected chi connectivity index (χ4v) is 1.38. The topological polar surface area (TPSA) is 65.3 Å². The Morgan fingerprint density at radius 1 is 1.43 bits per heavy atom. The van der Waals surface area contributed by atoms with E-state index < -0.39 is 0 Å². The molecule has 1 aromatic carbocycles. The van der Waals surface area contributed by atoms with Crippen LogP contribution in [0.3, 0.4) is 0 Å². The van der Waals surface area contributed by atoms with Gasteiger partial charge >= 0.3 is 0 Å². The molecule has 0 fully saturated rings. The normalized spacial score (nSPS) is 16.1. The molecule has 2 N–H and O–H groups in total. The molecule has 0 unspecified atom stereocenters. The van der Waals surface area contributed by atoms with E-state index in [1.54, 1.807) is 0 Å². The molecule has 0 saturated carbocycles. The largest absolute Gasteiger partial charge is 0.616 e. The second-order valence-corrected chi connectivity index (χ2v) is 2.96. The summed E-state index contributed by atoms with van der Waals surface area (Å²) in [6.45, 7) is 1.94. The fourth-order valence-electron chi connectivity index (χ4n) is 1.38. The van der Waals surface area contributed by atoms with Crippen LogP contribution in [0.2, 0.25) is 0 Å². The van der Waals surface area contributed by atoms with Gasteiger partial charge in [-0.25, -0.2) is 0 Å². The summed E-state index contributed by atoms with van der Waals surface area (Å²) in [5.74, 6) is 6.56. The van der Waals surface area contributed by atoms with E-state index in [2.05, 4.69) is 10.4 Å². The van der Waals surface area contributed by atoms with E-state index in [0.717, 1.165) is 16.8 Å². The smallest absolute Gasteiger partial charge is 0.273 e. The van der Waals surface area contributed by atoms with Gasteiger partial charge in [-0.15, -0.1) is 0 Å². The molecular formula is C9H8N3OW-. The number of carbonyl (C=O) groups excluding carboxylic acids is 1. The summed E-state index contributed by atoms with van der Waals surface area (Å²) in [7, 11) is 0. The summed E-state index contributed by atoms with van der Waals surface area (Å²) in [6, 6.07) is 5.58. The zero-order valence-corrected chi connectivity index (χ0v) is 10.4. The van der Waals surface area contributed by atoms with Gasteiger partial charge in [0.25, 0.3) is 5.91 Å². The van der Waals surface area contributed by atoms with Crippen molar-refractivity contribution in [3.63, 3.8) is 0 Å². The van der Waals surface area contributed by atoms with Gasteiger partial charge in [0, 0.05) is 26.6 Å². The molecule has 1 amide bonds. The second kappa shape index (κ2) is 3.92. The predicted octanol–water partition coefficient (Wildman–Crippen LogP) is 1.70. The number of hydrogen-bond donors (Lipinski definition) is 1. The van der Waals surface area contributed by atoms with Crippen LogP contribution >= 0.6 is 0 Å². The van der Waals surface area contributed by atoms with Gasteiger partial charge in [-0.1, -0.05) is 11.6 Å². The molecule has 5 heteroatoms. The summed E-state index contributed by atoms with van der Waals surface area (Å²) < 4.78 is 0. The van der Waals surface area contributed by atoms with Gasteiger partial charge in [0.2, 0.25) is 0 Å². The third-order valence-electron chi connectivity index (χ3n) is 2.01. The monoisotopic (exact) mass is 358 g/mol. The Labute approximate surface area is 95.8 Å². The van der Waals surface area contributed by atoms with Crippen molar-refractivity contribution in [3.8, 4) is 0 Å². The molecule has 1 aliphatic heterocycles. The summed E-state index contributed by atoms with van der Waals surface area (Å²) in [4.78, 5) is 11.2. The first-order valence-corrected chi connectivity index (χ1v) is 3.89. The van der Waals surface area contributed by atoms with E-state index in [0.29, 0.717) is 0 Å². The number of carbonyl (C=O) groups is 1. The van der Waals surface area contributed by atoms with Crippen LogP contribution in [0.4, 0.5) is 5.69 Å². The Balaban J connectivity index is 0.000000980. The SMILES string of the molecule is Cc1ccc2c(c1)/C(=N/[NH-])C(=O)N2.[W]. The Kier molecular flexibility index (Phi) is 3.06. The Morgan fingerprint density at radius 2 is 2.14 bits per heavy atom. The molecule has 72 valence electrons. The molecule has 1 heterocycles. The molecule has 0 aliphatic carbocycles. The number of nitrogens with one attached hydrogen (secondary N) is 2. The van der Waals surface area contributed by atoms with Crippen molar-refractivity contribution in [2.75, 3.05) is 5.32 Å². The van der Waals surface area contributed by atoms with Crippen LogP contribution in [0.5, 0.6) is 0 Å². The molecule has 4 nitrogen and oxygen atoms in total. The summed E-state index contributed by atoms with van der Waals surface area (Å²) in [5, 5.41) is 5.84. The maximum atomic E-state index is 11.2. The van der Waals surface area contributed by atoms with Gasteiger partial charge in [0.15, 0.2) is 0 Å². The average molecular weight is 358 g/mol. The summed E-state index contributed by atoms with van der Waals surface area (Å²) in [5.41, 5.74) is 2.71. The minimum Gasteiger partial charge on any atom is -0.616 e. The van der Waals surface area contributed by atoms with Crippen LogP contribution in [0.25, 0.3) is 5.84 Å². The van der Waals surface area contributed by atoms with Crippen molar-refractivity contribution in [2.24, 2.45) is 5.10 Å². The first-order valence-electron chi connectivity index (χ1n) is 3.89. The quantitative estimate of drug-likeness (QED) is 0.705. The van der Waals surface area contributed by atoms with E-state index in [1.165, 1.54) is 0 Å². The van der Waals surface area contributed by atoms with Gasteiger partial charge in [0.1, 0.15) is 5.71 Å². The number of benzene rings is 1. The van der Waals surface area contributed by atoms with E-state index in [9.17, 15) is 4.79 Å². The van der Waals surface area contributed by atoms with Crippen LogP contribution in [0.1, 0.15) is 11.1 Å². The number of amides is 1. The molecule has 14 heavy (non-hydrogen) atoms. The number of fused-ring (bicyclic) bond motifs is 1. The number of nitrogens with zero attached hydrogens (tertiary/aromatic N) is 1. The third-order valence-corrected chi connectivity index (χ3v) is 2.01. The van der Waals surface area contributed by atoms with Crippen molar-refractivity contribution in [1.82, 2.24) is 0 Å². The zero-order chi connectivity index (χ0) is 9.42. The maximum absolute atomic E-state index is 11.2. The van der Waals surface area contributed by atoms with Gasteiger partial charge in [-0.3, -0.25) is 4.79 Å². The van der Waals surface area contributed by atoms with Crippen molar-refractivity contribution >= 4 is 17.3 Å². The van der Waals surface area contributed by atoms with Gasteiger partial charge in [-0.2, -0.15) is 0 Å². The minimum atomic E-state index is -0.296. The zero-order valence-electron chi connectivity index (χ0n) is 7.50. The van der Waals surface area contributed by atoms with Crippen LogP contribution in [-0.2, 0) is 25.9 Å². The predicted molar refractivity (Wildman–Crippen MR) is 50.7 cm³/mol. The molecule has 0 radical (unpaired) electrons. The molecule has 2 rings (SSSR count). The van der Waals surface area contributed by atoms with Gasteiger partial charge < -0.3 is 16.3 Å². The molecular weight excluding hydrogens is 350 g/mol. The Bertz CT molecular complexity index is 415. The van der Waals surface area contributed by atoms with Crippen molar-refractivity contribution in [2.45, 2.75) is 6.92 Å². The number of hydrogen-bond acceptors (Lipinski definition) is 2. The maximum Gasteiger partial charge on any atom is 0.273 e. The van der Waals surface area contributed by atoms with Crippen LogP contribution < -0.4 is 5.32 Å². The van der Waals surface area contributed by atoms with Gasteiger partial charge in [-0.05, 0) is 19.1 Å². The standard InChI is InChI=1S/C9H9N3O.W/c1-5-2-3-7-6(4-5)8(12-10)9(13)11-7;/h2-4H,1H3,(H3,10,11,12,13);/p-1. The van der Waals surface area contributed by atoms with E-state index >= 15 is 0 Å². The van der Waals surface area contributed by atoms with Crippen LogP contribution in [0, 0.1) is 6.92 Å². The first kappa shape index (κ1) is 10.9. The van der Waals surface area contributed by atoms with Gasteiger partial charge in [0.05, 0.1) is 5.69 Å². The first-order chi connectivity index (χ1) is 6.22. The van der Waals surface area contributed by atoms with Crippen molar-refractivity contribution in [3.05, 3.63) is 35.2 Å². The van der Waals surface area contributed by atoms with Crippen molar-refractivity contribution in [1.29, 1.82) is 0 Å². The third kappa shape index (κ3) is 1.57. The Hall–Kier alpha value is -1.15. The molecule has 0 spiro atoms. The molecule has 0 aromatic heterocycles. The molecule has 1 aromatic rings. The second-order valence-electron chi connectivity index (χ2n) is 2.96. The average Bonchev–Trinajstić information content (AvgIpc) is 2.40. The van der Waals surface area contributed by atoms with Crippen LogP contribution in [0.15, 0.2) is 23.3 Å². The van der Waals surface area contributed by atoms with E-state index in [4.69, 9.17) is 5.84 Å². The molecule has 0 atom stereocenters. The number of aryl methyl sites for hydroxylation is 1. The summed E-state index contributed by atoms with van der Waals surface area (Å²) in [6.07, 6.45) is 0. The number of rotatable bonds is 0. The fraction of sp³-hybridized carbons (Fsp3) is 0.111. The summed E-state index contributed by atoms with van der Waals surface area (Å²) >= 11 is 0. The minimum absolute atomic E-state index is 0. The van der Waals surface area contributed by atoms with E-state index in [-0.39, 0.29) is 32.7 Å². The number of anilines is 1. The van der Waals surface area contributed by atoms with Crippen LogP contribution in [-0.4, -0.2) is 11.6 Å². The molecule has 1 aliphatic rings.